The second kappa shape index (κ2) is 5.44. The van der Waals surface area contributed by atoms with Crippen LogP contribution in [-0.2, 0) is 16.1 Å². The molecule has 0 radical (unpaired) electrons. The van der Waals surface area contributed by atoms with E-state index in [2.05, 4.69) is 4.98 Å². The molecule has 0 fully saturated rings. The Morgan fingerprint density at radius 1 is 1.53 bits per heavy atom. The van der Waals surface area contributed by atoms with Crippen LogP contribution in [0.15, 0.2) is 6.20 Å². The molecule has 15 heavy (non-hydrogen) atoms. The van der Waals surface area contributed by atoms with E-state index in [0.717, 1.165) is 11.3 Å². The van der Waals surface area contributed by atoms with E-state index in [0.29, 0.717) is 18.3 Å². The Morgan fingerprint density at radius 2 is 2.27 bits per heavy atom. The lowest BCUT2D eigenvalue weighted by atomic mass is 10.1. The van der Waals surface area contributed by atoms with Crippen LogP contribution >= 0.6 is 11.3 Å². The number of hydrogen-bond acceptors (Lipinski definition) is 5. The van der Waals surface area contributed by atoms with Crippen LogP contribution < -0.4 is 5.73 Å². The van der Waals surface area contributed by atoms with Gasteiger partial charge in [-0.05, 0) is 20.3 Å². The van der Waals surface area contributed by atoms with Crippen molar-refractivity contribution in [3.8, 4) is 0 Å². The maximum atomic E-state index is 5.51. The van der Waals surface area contributed by atoms with Crippen molar-refractivity contribution in [3.05, 3.63) is 11.1 Å². The highest BCUT2D eigenvalue weighted by Crippen LogP contribution is 2.16. The number of nitrogen functional groups attached to an aromatic ring is 1. The zero-order valence-electron chi connectivity index (χ0n) is 9.45. The van der Waals surface area contributed by atoms with Crippen LogP contribution in [0.2, 0.25) is 0 Å². The highest BCUT2D eigenvalue weighted by Gasteiger charge is 2.15. The summed E-state index contributed by atoms with van der Waals surface area (Å²) in [5.74, 6) is 0. The summed E-state index contributed by atoms with van der Waals surface area (Å²) in [5.41, 5.74) is 5.39. The average Bonchev–Trinajstić information content (AvgIpc) is 2.59. The number of thiazole rings is 1. The van der Waals surface area contributed by atoms with Crippen LogP contribution in [0.5, 0.6) is 0 Å². The fourth-order valence-electron chi connectivity index (χ4n) is 0.982. The molecule has 0 aliphatic carbocycles. The van der Waals surface area contributed by atoms with Gasteiger partial charge in [-0.2, -0.15) is 0 Å². The Morgan fingerprint density at radius 3 is 2.80 bits per heavy atom. The fraction of sp³-hybridized carbons (Fsp3) is 0.700. The monoisotopic (exact) mass is 230 g/mol. The summed E-state index contributed by atoms with van der Waals surface area (Å²) in [6, 6.07) is 0. The van der Waals surface area contributed by atoms with Crippen molar-refractivity contribution in [2.24, 2.45) is 0 Å². The van der Waals surface area contributed by atoms with Crippen LogP contribution in [0, 0.1) is 0 Å². The summed E-state index contributed by atoms with van der Waals surface area (Å²) < 4.78 is 10.8. The number of rotatable bonds is 6. The zero-order chi connectivity index (χ0) is 11.3. The predicted molar refractivity (Wildman–Crippen MR) is 61.9 cm³/mol. The standard InChI is InChI=1S/C10H18N2O2S/c1-10(2,13-3)4-5-14-7-8-6-12-9(11)15-8/h6H,4-5,7H2,1-3H3,(H2,11,12). The second-order valence-electron chi connectivity index (χ2n) is 3.93. The number of methoxy groups -OCH3 is 1. The van der Waals surface area contributed by atoms with Crippen LogP contribution in [0.25, 0.3) is 0 Å². The van der Waals surface area contributed by atoms with Gasteiger partial charge in [-0.1, -0.05) is 11.3 Å². The third-order valence-corrected chi connectivity index (χ3v) is 3.02. The smallest absolute Gasteiger partial charge is 0.180 e. The van der Waals surface area contributed by atoms with E-state index in [4.69, 9.17) is 15.2 Å². The first kappa shape index (κ1) is 12.4. The maximum Gasteiger partial charge on any atom is 0.180 e. The van der Waals surface area contributed by atoms with Crippen molar-refractivity contribution in [1.29, 1.82) is 0 Å². The molecule has 0 unspecified atom stereocenters. The Hall–Kier alpha value is -0.650. The molecule has 0 amide bonds. The summed E-state index contributed by atoms with van der Waals surface area (Å²) in [6.45, 7) is 5.34. The van der Waals surface area contributed by atoms with Gasteiger partial charge in [0, 0.05) is 19.9 Å². The SMILES string of the molecule is COC(C)(C)CCOCc1cnc(N)s1. The molecule has 0 saturated heterocycles. The molecule has 5 heteroatoms. The Bertz CT molecular complexity index is 299. The van der Waals surface area contributed by atoms with E-state index in [9.17, 15) is 0 Å². The molecule has 4 nitrogen and oxygen atoms in total. The molecule has 0 aliphatic rings. The van der Waals surface area contributed by atoms with E-state index in [-0.39, 0.29) is 5.60 Å². The molecule has 1 rings (SSSR count). The van der Waals surface area contributed by atoms with Crippen LogP contribution in [0.1, 0.15) is 25.1 Å². The second-order valence-corrected chi connectivity index (χ2v) is 5.08. The molecular weight excluding hydrogens is 212 g/mol. The first-order valence-electron chi connectivity index (χ1n) is 4.86. The molecule has 0 aromatic carbocycles. The Kier molecular flexibility index (Phi) is 4.50. The van der Waals surface area contributed by atoms with Crippen molar-refractivity contribution >= 4 is 16.5 Å². The lowest BCUT2D eigenvalue weighted by molar-refractivity contribution is -0.0121. The number of ether oxygens (including phenoxy) is 2. The van der Waals surface area contributed by atoms with E-state index in [1.807, 2.05) is 13.8 Å². The summed E-state index contributed by atoms with van der Waals surface area (Å²) >= 11 is 1.46. The third-order valence-electron chi connectivity index (χ3n) is 2.22. The van der Waals surface area contributed by atoms with Gasteiger partial charge >= 0.3 is 0 Å². The first-order valence-corrected chi connectivity index (χ1v) is 5.68. The highest BCUT2D eigenvalue weighted by atomic mass is 32.1. The topological polar surface area (TPSA) is 57.4 Å². The summed E-state index contributed by atoms with van der Waals surface area (Å²) in [4.78, 5) is 5.01. The lowest BCUT2D eigenvalue weighted by Gasteiger charge is -2.22. The van der Waals surface area contributed by atoms with Crippen LogP contribution in [-0.4, -0.2) is 24.3 Å². The molecule has 0 spiro atoms. The molecule has 1 heterocycles. The molecule has 1 aromatic rings. The summed E-state index contributed by atoms with van der Waals surface area (Å²) in [6.07, 6.45) is 2.62. The summed E-state index contributed by atoms with van der Waals surface area (Å²) in [5, 5.41) is 0.589. The van der Waals surface area contributed by atoms with Gasteiger partial charge in [0.2, 0.25) is 0 Å². The van der Waals surface area contributed by atoms with Gasteiger partial charge in [0.05, 0.1) is 17.1 Å². The van der Waals surface area contributed by atoms with Crippen molar-refractivity contribution in [2.75, 3.05) is 19.5 Å². The van der Waals surface area contributed by atoms with Crippen molar-refractivity contribution in [1.82, 2.24) is 4.98 Å². The van der Waals surface area contributed by atoms with E-state index >= 15 is 0 Å². The molecular formula is C10H18N2O2S. The van der Waals surface area contributed by atoms with Gasteiger partial charge in [-0.25, -0.2) is 4.98 Å². The molecule has 2 N–H and O–H groups in total. The Labute approximate surface area is 94.4 Å². The van der Waals surface area contributed by atoms with Gasteiger partial charge in [0.1, 0.15) is 0 Å². The minimum Gasteiger partial charge on any atom is -0.379 e. The summed E-state index contributed by atoms with van der Waals surface area (Å²) in [7, 11) is 1.71. The quantitative estimate of drug-likeness (QED) is 0.760. The molecule has 1 aromatic heterocycles. The number of aromatic nitrogens is 1. The lowest BCUT2D eigenvalue weighted by Crippen LogP contribution is -2.24. The normalized spacial score (nSPS) is 11.9. The molecule has 0 atom stereocenters. The molecule has 0 bridgehead atoms. The molecule has 0 saturated carbocycles. The molecule has 0 aliphatic heterocycles. The third kappa shape index (κ3) is 4.59. The van der Waals surface area contributed by atoms with Gasteiger partial charge in [0.15, 0.2) is 5.13 Å². The Balaban J connectivity index is 2.17. The number of hydrogen-bond donors (Lipinski definition) is 1. The first-order chi connectivity index (χ1) is 7.03. The minimum absolute atomic E-state index is 0.118. The van der Waals surface area contributed by atoms with Gasteiger partial charge in [-0.15, -0.1) is 0 Å². The van der Waals surface area contributed by atoms with Crippen molar-refractivity contribution < 1.29 is 9.47 Å². The van der Waals surface area contributed by atoms with Crippen LogP contribution in [0.3, 0.4) is 0 Å². The van der Waals surface area contributed by atoms with E-state index in [1.54, 1.807) is 13.3 Å². The highest BCUT2D eigenvalue weighted by molar-refractivity contribution is 7.15. The average molecular weight is 230 g/mol. The number of nitrogens with zero attached hydrogens (tertiary/aromatic N) is 1. The van der Waals surface area contributed by atoms with Gasteiger partial charge in [-0.3, -0.25) is 0 Å². The van der Waals surface area contributed by atoms with Gasteiger partial charge in [0.25, 0.3) is 0 Å². The minimum atomic E-state index is -0.118. The number of nitrogens with two attached hydrogens (primary N) is 1. The maximum absolute atomic E-state index is 5.51. The van der Waals surface area contributed by atoms with E-state index in [1.165, 1.54) is 11.3 Å². The van der Waals surface area contributed by atoms with Crippen molar-refractivity contribution in [2.45, 2.75) is 32.5 Å². The fourth-order valence-corrected chi connectivity index (χ4v) is 1.60. The van der Waals surface area contributed by atoms with Crippen LogP contribution in [0.4, 0.5) is 5.13 Å². The van der Waals surface area contributed by atoms with Crippen molar-refractivity contribution in [3.63, 3.8) is 0 Å². The zero-order valence-corrected chi connectivity index (χ0v) is 10.3. The molecule has 86 valence electrons. The van der Waals surface area contributed by atoms with Gasteiger partial charge < -0.3 is 15.2 Å². The number of anilines is 1. The van der Waals surface area contributed by atoms with E-state index < -0.39 is 0 Å². The largest absolute Gasteiger partial charge is 0.379 e. The predicted octanol–water partition coefficient (Wildman–Crippen LogP) is 2.06.